The Balaban J connectivity index is 2.21. The summed E-state index contributed by atoms with van der Waals surface area (Å²) in [4.78, 5) is 0. The molecule has 0 spiro atoms. The lowest BCUT2D eigenvalue weighted by Gasteiger charge is -2.04. The normalized spacial score (nSPS) is 10.2. The molecule has 0 radical (unpaired) electrons. The fourth-order valence-electron chi connectivity index (χ4n) is 1.65. The summed E-state index contributed by atoms with van der Waals surface area (Å²) in [7, 11) is 0. The van der Waals surface area contributed by atoms with Gasteiger partial charge in [-0.05, 0) is 29.3 Å². The van der Waals surface area contributed by atoms with Crippen molar-refractivity contribution in [2.24, 2.45) is 0 Å². The zero-order valence-electron chi connectivity index (χ0n) is 9.10. The van der Waals surface area contributed by atoms with Crippen molar-refractivity contribution in [3.63, 3.8) is 0 Å². The number of aliphatic hydroxyl groups is 1. The Morgan fingerprint density at radius 2 is 2.12 bits per heavy atom. The third-order valence-corrected chi connectivity index (χ3v) is 2.51. The number of benzene rings is 1. The maximum absolute atomic E-state index is 13.1. The van der Waals surface area contributed by atoms with Crippen LogP contribution in [0.4, 0.5) is 4.39 Å². The first-order chi connectivity index (χ1) is 8.22. The van der Waals surface area contributed by atoms with Gasteiger partial charge >= 0.3 is 0 Å². The Labute approximate surface area is 98.4 Å². The minimum absolute atomic E-state index is 0.000136. The standard InChI is InChI=1S/C13H11FN2O/c14-13-2-1-10(5-12(13)6-15)7-16-4-3-11(8-16)9-17/h1-5,8,17H,7,9H2. The maximum Gasteiger partial charge on any atom is 0.140 e. The van der Waals surface area contributed by atoms with Crippen LogP contribution in [-0.4, -0.2) is 9.67 Å². The largest absolute Gasteiger partial charge is 0.392 e. The second-order valence-corrected chi connectivity index (χ2v) is 3.78. The van der Waals surface area contributed by atoms with E-state index in [-0.39, 0.29) is 12.2 Å². The summed E-state index contributed by atoms with van der Waals surface area (Å²) in [5, 5.41) is 17.7. The Morgan fingerprint density at radius 3 is 2.76 bits per heavy atom. The summed E-state index contributed by atoms with van der Waals surface area (Å²) in [6.45, 7) is 0.550. The van der Waals surface area contributed by atoms with Crippen LogP contribution in [0, 0.1) is 17.1 Å². The average Bonchev–Trinajstić information content (AvgIpc) is 2.79. The molecule has 0 unspecified atom stereocenters. The van der Waals surface area contributed by atoms with Gasteiger partial charge in [0.15, 0.2) is 0 Å². The highest BCUT2D eigenvalue weighted by atomic mass is 19.1. The molecule has 0 saturated heterocycles. The lowest BCUT2D eigenvalue weighted by atomic mass is 10.1. The summed E-state index contributed by atoms with van der Waals surface area (Å²) < 4.78 is 15.0. The SMILES string of the molecule is N#Cc1cc(Cn2ccc(CO)c2)ccc1F. The summed E-state index contributed by atoms with van der Waals surface area (Å²) >= 11 is 0. The van der Waals surface area contributed by atoms with Crippen molar-refractivity contribution < 1.29 is 9.50 Å². The number of aliphatic hydroxyl groups excluding tert-OH is 1. The number of nitriles is 1. The van der Waals surface area contributed by atoms with Gasteiger partial charge in [-0.15, -0.1) is 0 Å². The van der Waals surface area contributed by atoms with Crippen LogP contribution in [0.5, 0.6) is 0 Å². The molecular weight excluding hydrogens is 219 g/mol. The number of hydrogen-bond acceptors (Lipinski definition) is 2. The second-order valence-electron chi connectivity index (χ2n) is 3.78. The van der Waals surface area contributed by atoms with Gasteiger partial charge in [0.25, 0.3) is 0 Å². The molecule has 0 saturated carbocycles. The van der Waals surface area contributed by atoms with Gasteiger partial charge in [0.2, 0.25) is 0 Å². The van der Waals surface area contributed by atoms with E-state index in [1.165, 1.54) is 12.1 Å². The van der Waals surface area contributed by atoms with Crippen molar-refractivity contribution in [2.45, 2.75) is 13.2 Å². The van der Waals surface area contributed by atoms with E-state index in [2.05, 4.69) is 0 Å². The molecule has 0 aliphatic heterocycles. The Bertz CT molecular complexity index is 569. The highest BCUT2D eigenvalue weighted by Gasteiger charge is 2.03. The predicted molar refractivity (Wildman–Crippen MR) is 60.6 cm³/mol. The van der Waals surface area contributed by atoms with E-state index in [1.54, 1.807) is 6.07 Å². The van der Waals surface area contributed by atoms with Gasteiger partial charge in [-0.3, -0.25) is 0 Å². The molecular formula is C13H11FN2O. The summed E-state index contributed by atoms with van der Waals surface area (Å²) in [6.07, 6.45) is 3.65. The van der Waals surface area contributed by atoms with Crippen molar-refractivity contribution in [3.05, 3.63) is 59.2 Å². The smallest absolute Gasteiger partial charge is 0.140 e. The zero-order chi connectivity index (χ0) is 12.3. The molecule has 86 valence electrons. The first-order valence-electron chi connectivity index (χ1n) is 5.17. The van der Waals surface area contributed by atoms with Crippen LogP contribution < -0.4 is 0 Å². The van der Waals surface area contributed by atoms with Gasteiger partial charge in [0.1, 0.15) is 11.9 Å². The molecule has 1 heterocycles. The minimum Gasteiger partial charge on any atom is -0.392 e. The highest BCUT2D eigenvalue weighted by Crippen LogP contribution is 2.12. The third-order valence-electron chi connectivity index (χ3n) is 2.51. The Morgan fingerprint density at radius 1 is 1.29 bits per heavy atom. The molecule has 17 heavy (non-hydrogen) atoms. The molecule has 2 aromatic rings. The number of halogens is 1. The van der Waals surface area contributed by atoms with Crippen LogP contribution >= 0.6 is 0 Å². The topological polar surface area (TPSA) is 49.0 Å². The van der Waals surface area contributed by atoms with E-state index in [1.807, 2.05) is 29.1 Å². The van der Waals surface area contributed by atoms with Crippen molar-refractivity contribution in [3.8, 4) is 6.07 Å². The molecule has 0 atom stereocenters. The van der Waals surface area contributed by atoms with Gasteiger partial charge in [0.05, 0.1) is 12.2 Å². The first kappa shape index (κ1) is 11.4. The molecule has 1 aromatic carbocycles. The fourth-order valence-corrected chi connectivity index (χ4v) is 1.65. The molecule has 3 nitrogen and oxygen atoms in total. The van der Waals surface area contributed by atoms with Crippen molar-refractivity contribution in [1.29, 1.82) is 5.26 Å². The van der Waals surface area contributed by atoms with Crippen LogP contribution in [0.15, 0.2) is 36.7 Å². The molecule has 4 heteroatoms. The van der Waals surface area contributed by atoms with Crippen LogP contribution in [0.1, 0.15) is 16.7 Å². The Hall–Kier alpha value is -2.12. The molecule has 0 fully saturated rings. The summed E-state index contributed by atoms with van der Waals surface area (Å²) in [5.74, 6) is -0.500. The number of aromatic nitrogens is 1. The third kappa shape index (κ3) is 2.52. The van der Waals surface area contributed by atoms with E-state index < -0.39 is 5.82 Å². The fraction of sp³-hybridized carbons (Fsp3) is 0.154. The molecule has 0 aliphatic rings. The van der Waals surface area contributed by atoms with Crippen molar-refractivity contribution >= 4 is 0 Å². The minimum atomic E-state index is -0.500. The van der Waals surface area contributed by atoms with E-state index in [0.29, 0.717) is 6.54 Å². The van der Waals surface area contributed by atoms with Gasteiger partial charge in [-0.1, -0.05) is 6.07 Å². The molecule has 0 bridgehead atoms. The van der Waals surface area contributed by atoms with E-state index in [4.69, 9.17) is 10.4 Å². The number of nitrogens with zero attached hydrogens (tertiary/aromatic N) is 2. The molecule has 2 rings (SSSR count). The zero-order valence-corrected chi connectivity index (χ0v) is 9.10. The average molecular weight is 230 g/mol. The Kier molecular flexibility index (Phi) is 3.22. The van der Waals surface area contributed by atoms with Crippen molar-refractivity contribution in [1.82, 2.24) is 4.57 Å². The lowest BCUT2D eigenvalue weighted by Crippen LogP contribution is -1.98. The van der Waals surface area contributed by atoms with Crippen LogP contribution in [-0.2, 0) is 13.2 Å². The lowest BCUT2D eigenvalue weighted by molar-refractivity contribution is 0.282. The van der Waals surface area contributed by atoms with Gasteiger partial charge in [0, 0.05) is 18.9 Å². The molecule has 0 aliphatic carbocycles. The van der Waals surface area contributed by atoms with Crippen LogP contribution in [0.25, 0.3) is 0 Å². The number of hydrogen-bond donors (Lipinski definition) is 1. The first-order valence-corrected chi connectivity index (χ1v) is 5.17. The highest BCUT2D eigenvalue weighted by molar-refractivity contribution is 5.34. The molecule has 1 N–H and O–H groups in total. The quantitative estimate of drug-likeness (QED) is 0.877. The monoisotopic (exact) mass is 230 g/mol. The molecule has 0 amide bonds. The summed E-state index contributed by atoms with van der Waals surface area (Å²) in [6, 6.07) is 8.11. The summed E-state index contributed by atoms with van der Waals surface area (Å²) in [5.41, 5.74) is 1.73. The van der Waals surface area contributed by atoms with E-state index in [9.17, 15) is 4.39 Å². The van der Waals surface area contributed by atoms with Crippen molar-refractivity contribution in [2.75, 3.05) is 0 Å². The predicted octanol–water partition coefficient (Wildman–Crippen LogP) is 2.04. The van der Waals surface area contributed by atoms with Gasteiger partial charge in [-0.2, -0.15) is 5.26 Å². The molecule has 1 aromatic heterocycles. The number of rotatable bonds is 3. The van der Waals surface area contributed by atoms with Gasteiger partial charge < -0.3 is 9.67 Å². The van der Waals surface area contributed by atoms with Crippen LogP contribution in [0.2, 0.25) is 0 Å². The van der Waals surface area contributed by atoms with Gasteiger partial charge in [-0.25, -0.2) is 4.39 Å². The van der Waals surface area contributed by atoms with E-state index in [0.717, 1.165) is 11.1 Å². The maximum atomic E-state index is 13.1. The van der Waals surface area contributed by atoms with Crippen LogP contribution in [0.3, 0.4) is 0 Å². The second kappa shape index (κ2) is 4.81. The van der Waals surface area contributed by atoms with E-state index >= 15 is 0 Å².